The number of nitrogens with one attached hydrogen (secondary N) is 1. The third-order valence-corrected chi connectivity index (χ3v) is 4.31. The average molecular weight is 294 g/mol. The van der Waals surface area contributed by atoms with Crippen molar-refractivity contribution < 1.29 is 14.7 Å². The van der Waals surface area contributed by atoms with Crippen LogP contribution in [0.25, 0.3) is 0 Å². The van der Waals surface area contributed by atoms with Gasteiger partial charge in [0.2, 0.25) is 0 Å². The van der Waals surface area contributed by atoms with Crippen LogP contribution in [-0.4, -0.2) is 41.2 Å². The van der Waals surface area contributed by atoms with Crippen LogP contribution in [0.1, 0.15) is 12.8 Å². The molecule has 20 heavy (non-hydrogen) atoms. The van der Waals surface area contributed by atoms with E-state index in [4.69, 9.17) is 5.11 Å². The Morgan fingerprint density at radius 3 is 2.70 bits per heavy atom. The van der Waals surface area contributed by atoms with Crippen molar-refractivity contribution in [3.63, 3.8) is 0 Å². The molecular weight excluding hydrogens is 276 g/mol. The van der Waals surface area contributed by atoms with Crippen LogP contribution in [0, 0.1) is 0 Å². The summed E-state index contributed by atoms with van der Waals surface area (Å²) in [5, 5.41) is 11.9. The Bertz CT molecular complexity index is 461. The third-order valence-electron chi connectivity index (χ3n) is 3.09. The highest BCUT2D eigenvalue weighted by molar-refractivity contribution is 7.99. The van der Waals surface area contributed by atoms with Gasteiger partial charge in [-0.05, 0) is 30.7 Å². The van der Waals surface area contributed by atoms with Crippen molar-refractivity contribution in [3.05, 3.63) is 30.3 Å². The fourth-order valence-electron chi connectivity index (χ4n) is 2.13. The van der Waals surface area contributed by atoms with Crippen LogP contribution in [-0.2, 0) is 4.79 Å². The molecule has 0 saturated carbocycles. The summed E-state index contributed by atoms with van der Waals surface area (Å²) in [6, 6.07) is 8.66. The number of hydrogen-bond donors (Lipinski definition) is 2. The molecule has 1 atom stereocenters. The Labute approximate surface area is 122 Å². The van der Waals surface area contributed by atoms with Crippen molar-refractivity contribution in [1.29, 1.82) is 0 Å². The van der Waals surface area contributed by atoms with E-state index in [1.54, 1.807) is 24.3 Å². The number of carbonyl (C=O) groups is 2. The number of aliphatic carboxylic acids is 1. The minimum atomic E-state index is -1.03. The molecule has 1 aromatic rings. The second kappa shape index (κ2) is 7.19. The summed E-state index contributed by atoms with van der Waals surface area (Å²) >= 11 is 1.82. The fraction of sp³-hybridized carbons (Fsp3) is 0.429. The molecule has 2 N–H and O–H groups in total. The zero-order valence-corrected chi connectivity index (χ0v) is 11.9. The molecular formula is C14H18N2O3S. The summed E-state index contributed by atoms with van der Waals surface area (Å²) in [5.74, 6) is 0.993. The molecule has 2 amide bonds. The summed E-state index contributed by atoms with van der Waals surface area (Å²) < 4.78 is 0. The van der Waals surface area contributed by atoms with Gasteiger partial charge in [0.05, 0.1) is 0 Å². The lowest BCUT2D eigenvalue weighted by atomic mass is 10.2. The van der Waals surface area contributed by atoms with Crippen LogP contribution in [0.15, 0.2) is 30.3 Å². The molecule has 1 aliphatic heterocycles. The summed E-state index contributed by atoms with van der Waals surface area (Å²) in [6.07, 6.45) is 2.04. The first-order valence-corrected chi connectivity index (χ1v) is 7.75. The van der Waals surface area contributed by atoms with Crippen LogP contribution in [0.4, 0.5) is 10.5 Å². The monoisotopic (exact) mass is 294 g/mol. The maximum atomic E-state index is 12.3. The molecule has 1 saturated heterocycles. The van der Waals surface area contributed by atoms with E-state index in [9.17, 15) is 9.59 Å². The Kier molecular flexibility index (Phi) is 5.29. The predicted octanol–water partition coefficient (Wildman–Crippen LogP) is 2.18. The summed E-state index contributed by atoms with van der Waals surface area (Å²) in [7, 11) is 0. The maximum absolute atomic E-state index is 12.3. The zero-order valence-electron chi connectivity index (χ0n) is 11.1. The normalized spacial score (nSPS) is 18.3. The molecule has 2 rings (SSSR count). The Balaban J connectivity index is 2.05. The standard InChI is InChI=1S/C14H18N2O3S/c17-13(18)9-16(12-6-2-1-3-7-12)14(19)15-11-5-4-8-20-10-11/h1-3,6-7,11H,4-5,8-10H2,(H,15,19)(H,17,18). The number of carbonyl (C=O) groups excluding carboxylic acids is 1. The van der Waals surface area contributed by atoms with Crippen LogP contribution >= 0.6 is 11.8 Å². The van der Waals surface area contributed by atoms with Crippen molar-refractivity contribution in [2.24, 2.45) is 0 Å². The quantitative estimate of drug-likeness (QED) is 0.893. The number of nitrogens with zero attached hydrogens (tertiary/aromatic N) is 1. The summed E-state index contributed by atoms with van der Waals surface area (Å²) in [4.78, 5) is 24.5. The maximum Gasteiger partial charge on any atom is 0.323 e. The molecule has 1 aromatic carbocycles. The van der Waals surface area contributed by atoms with Crippen LogP contribution in [0.3, 0.4) is 0 Å². The summed E-state index contributed by atoms with van der Waals surface area (Å²) in [5.41, 5.74) is 0.593. The van der Waals surface area contributed by atoms with Gasteiger partial charge < -0.3 is 10.4 Å². The number of amides is 2. The van der Waals surface area contributed by atoms with Crippen molar-refractivity contribution in [2.45, 2.75) is 18.9 Å². The average Bonchev–Trinajstić information content (AvgIpc) is 2.46. The third kappa shape index (κ3) is 4.16. The SMILES string of the molecule is O=C(O)CN(C(=O)NC1CCCSC1)c1ccccc1. The molecule has 1 aliphatic rings. The van der Waals surface area contributed by atoms with Crippen molar-refractivity contribution >= 4 is 29.4 Å². The van der Waals surface area contributed by atoms with Crippen LogP contribution in [0.5, 0.6) is 0 Å². The first-order valence-electron chi connectivity index (χ1n) is 6.59. The van der Waals surface area contributed by atoms with Gasteiger partial charge in [-0.25, -0.2) is 4.79 Å². The first kappa shape index (κ1) is 14.7. The number of anilines is 1. The second-order valence-corrected chi connectivity index (χ2v) is 5.83. The lowest BCUT2D eigenvalue weighted by Crippen LogP contribution is -2.48. The van der Waals surface area contributed by atoms with Crippen molar-refractivity contribution in [3.8, 4) is 0 Å². The minimum absolute atomic E-state index is 0.126. The van der Waals surface area contributed by atoms with Crippen LogP contribution < -0.4 is 10.2 Å². The van der Waals surface area contributed by atoms with Gasteiger partial charge in [0.1, 0.15) is 6.54 Å². The molecule has 1 unspecified atom stereocenters. The molecule has 0 aliphatic carbocycles. The predicted molar refractivity (Wildman–Crippen MR) is 80.3 cm³/mol. The van der Waals surface area contributed by atoms with Crippen molar-refractivity contribution in [1.82, 2.24) is 5.32 Å². The Morgan fingerprint density at radius 1 is 1.35 bits per heavy atom. The number of rotatable bonds is 4. The van der Waals surface area contributed by atoms with Gasteiger partial charge in [-0.2, -0.15) is 11.8 Å². The second-order valence-electron chi connectivity index (χ2n) is 4.68. The van der Waals surface area contributed by atoms with E-state index in [-0.39, 0.29) is 18.6 Å². The number of carboxylic acid groups (broad SMARTS) is 1. The number of para-hydroxylation sites is 1. The minimum Gasteiger partial charge on any atom is -0.480 e. The highest BCUT2D eigenvalue weighted by Gasteiger charge is 2.22. The fourth-order valence-corrected chi connectivity index (χ4v) is 3.20. The van der Waals surface area contributed by atoms with E-state index in [1.807, 2.05) is 17.8 Å². The van der Waals surface area contributed by atoms with Crippen molar-refractivity contribution in [2.75, 3.05) is 23.0 Å². The van der Waals surface area contributed by atoms with E-state index in [2.05, 4.69) is 5.32 Å². The topological polar surface area (TPSA) is 69.6 Å². The number of benzene rings is 1. The lowest BCUT2D eigenvalue weighted by molar-refractivity contribution is -0.135. The van der Waals surface area contributed by atoms with Gasteiger partial charge in [0.15, 0.2) is 0 Å². The van der Waals surface area contributed by atoms with Gasteiger partial charge in [-0.15, -0.1) is 0 Å². The lowest BCUT2D eigenvalue weighted by Gasteiger charge is -2.27. The zero-order chi connectivity index (χ0) is 14.4. The van der Waals surface area contributed by atoms with E-state index in [0.29, 0.717) is 5.69 Å². The number of carboxylic acids is 1. The molecule has 0 radical (unpaired) electrons. The first-order chi connectivity index (χ1) is 9.66. The smallest absolute Gasteiger partial charge is 0.323 e. The molecule has 5 nitrogen and oxygen atoms in total. The van der Waals surface area contributed by atoms with Gasteiger partial charge in [-0.1, -0.05) is 18.2 Å². The number of hydrogen-bond acceptors (Lipinski definition) is 3. The van der Waals surface area contributed by atoms with E-state index in [0.717, 1.165) is 24.3 Å². The Hall–Kier alpha value is -1.69. The molecule has 1 heterocycles. The largest absolute Gasteiger partial charge is 0.480 e. The molecule has 0 bridgehead atoms. The van der Waals surface area contributed by atoms with Gasteiger partial charge in [0, 0.05) is 17.5 Å². The molecule has 6 heteroatoms. The summed E-state index contributed by atoms with van der Waals surface area (Å²) in [6.45, 7) is -0.338. The van der Waals surface area contributed by atoms with Crippen LogP contribution in [0.2, 0.25) is 0 Å². The number of thioether (sulfide) groups is 1. The van der Waals surface area contributed by atoms with E-state index in [1.165, 1.54) is 4.90 Å². The Morgan fingerprint density at radius 2 is 2.10 bits per heavy atom. The van der Waals surface area contributed by atoms with E-state index >= 15 is 0 Å². The molecule has 108 valence electrons. The van der Waals surface area contributed by atoms with Gasteiger partial charge >= 0.3 is 12.0 Å². The number of urea groups is 1. The van der Waals surface area contributed by atoms with Gasteiger partial charge in [0.25, 0.3) is 0 Å². The highest BCUT2D eigenvalue weighted by Crippen LogP contribution is 2.18. The molecule has 0 aromatic heterocycles. The van der Waals surface area contributed by atoms with E-state index < -0.39 is 5.97 Å². The highest BCUT2D eigenvalue weighted by atomic mass is 32.2. The molecule has 1 fully saturated rings. The molecule has 0 spiro atoms. The van der Waals surface area contributed by atoms with Gasteiger partial charge in [-0.3, -0.25) is 9.69 Å².